The summed E-state index contributed by atoms with van der Waals surface area (Å²) in [5, 5.41) is 9.79. The van der Waals surface area contributed by atoms with Crippen LogP contribution >= 0.6 is 0 Å². The van der Waals surface area contributed by atoms with E-state index in [0.717, 1.165) is 22.2 Å². The van der Waals surface area contributed by atoms with Crippen LogP contribution in [0.4, 0.5) is 5.69 Å². The molecule has 0 aliphatic rings. The van der Waals surface area contributed by atoms with Crippen molar-refractivity contribution < 1.29 is 0 Å². The van der Waals surface area contributed by atoms with E-state index >= 15 is 0 Å². The summed E-state index contributed by atoms with van der Waals surface area (Å²) in [5.41, 5.74) is 9.03. The average Bonchev–Trinajstić information content (AvgIpc) is 2.47. The van der Waals surface area contributed by atoms with Crippen LogP contribution in [0.15, 0.2) is 18.3 Å². The predicted molar refractivity (Wildman–Crippen MR) is 52.2 cm³/mol. The number of fused-ring (bicyclic) bond motifs is 1. The summed E-state index contributed by atoms with van der Waals surface area (Å²) < 4.78 is 0. The van der Waals surface area contributed by atoms with Crippen molar-refractivity contribution in [2.45, 2.75) is 6.92 Å². The molecule has 2 rings (SSSR count). The van der Waals surface area contributed by atoms with Gasteiger partial charge in [0.1, 0.15) is 6.07 Å². The maximum absolute atomic E-state index is 8.82. The van der Waals surface area contributed by atoms with E-state index in [4.69, 9.17) is 11.0 Å². The van der Waals surface area contributed by atoms with E-state index < -0.39 is 0 Å². The van der Waals surface area contributed by atoms with Crippen LogP contribution in [-0.4, -0.2) is 4.98 Å². The maximum atomic E-state index is 8.82. The molecule has 0 radical (unpaired) electrons. The lowest BCUT2D eigenvalue weighted by atomic mass is 10.1. The molecule has 1 heterocycles. The number of rotatable bonds is 0. The largest absolute Gasteiger partial charge is 0.399 e. The van der Waals surface area contributed by atoms with Crippen molar-refractivity contribution in [3.05, 3.63) is 29.5 Å². The van der Waals surface area contributed by atoms with Gasteiger partial charge in [0.05, 0.1) is 5.56 Å². The van der Waals surface area contributed by atoms with Crippen LogP contribution in [-0.2, 0) is 0 Å². The van der Waals surface area contributed by atoms with Gasteiger partial charge in [0.15, 0.2) is 0 Å². The molecule has 0 amide bonds. The van der Waals surface area contributed by atoms with Crippen molar-refractivity contribution in [3.63, 3.8) is 0 Å². The van der Waals surface area contributed by atoms with Crippen molar-refractivity contribution in [1.29, 1.82) is 5.26 Å². The van der Waals surface area contributed by atoms with Gasteiger partial charge >= 0.3 is 0 Å². The maximum Gasteiger partial charge on any atom is 0.101 e. The number of nitrogens with two attached hydrogens (primary N) is 1. The van der Waals surface area contributed by atoms with Crippen molar-refractivity contribution in [1.82, 2.24) is 4.98 Å². The third kappa shape index (κ3) is 1.04. The fourth-order valence-corrected chi connectivity index (χ4v) is 1.60. The Morgan fingerprint density at radius 3 is 2.92 bits per heavy atom. The first-order valence-electron chi connectivity index (χ1n) is 3.99. The van der Waals surface area contributed by atoms with Gasteiger partial charge in [0.25, 0.3) is 0 Å². The number of anilines is 1. The fraction of sp³-hybridized carbons (Fsp3) is 0.100. The van der Waals surface area contributed by atoms with Gasteiger partial charge in [-0.3, -0.25) is 0 Å². The Kier molecular flexibility index (Phi) is 1.49. The van der Waals surface area contributed by atoms with Gasteiger partial charge in [-0.2, -0.15) is 5.26 Å². The molecule has 0 spiro atoms. The molecule has 2 aromatic rings. The lowest BCUT2D eigenvalue weighted by molar-refractivity contribution is 1.45. The second kappa shape index (κ2) is 2.53. The lowest BCUT2D eigenvalue weighted by Crippen LogP contribution is -1.86. The van der Waals surface area contributed by atoms with Gasteiger partial charge < -0.3 is 10.7 Å². The Hall–Kier alpha value is -1.95. The summed E-state index contributed by atoms with van der Waals surface area (Å²) in [6.45, 7) is 1.95. The Balaban J connectivity index is 2.92. The molecular weight excluding hydrogens is 162 g/mol. The minimum absolute atomic E-state index is 0.674. The monoisotopic (exact) mass is 171 g/mol. The number of hydrogen-bond acceptors (Lipinski definition) is 2. The van der Waals surface area contributed by atoms with Gasteiger partial charge in [-0.25, -0.2) is 0 Å². The zero-order valence-corrected chi connectivity index (χ0v) is 7.26. The smallest absolute Gasteiger partial charge is 0.101 e. The summed E-state index contributed by atoms with van der Waals surface area (Å²) >= 11 is 0. The SMILES string of the molecule is Cc1cc(N)cc2[nH]cc(C#N)c12. The minimum Gasteiger partial charge on any atom is -0.399 e. The third-order valence-electron chi connectivity index (χ3n) is 2.12. The van der Waals surface area contributed by atoms with Crippen molar-refractivity contribution in [3.8, 4) is 6.07 Å². The molecule has 0 unspecified atom stereocenters. The van der Waals surface area contributed by atoms with E-state index in [9.17, 15) is 0 Å². The number of aromatic amines is 1. The third-order valence-corrected chi connectivity index (χ3v) is 2.12. The summed E-state index contributed by atoms with van der Waals surface area (Å²) in [6, 6.07) is 5.85. The van der Waals surface area contributed by atoms with Gasteiger partial charge in [0.2, 0.25) is 0 Å². The van der Waals surface area contributed by atoms with Crippen molar-refractivity contribution in [2.24, 2.45) is 0 Å². The normalized spacial score (nSPS) is 10.2. The number of benzene rings is 1. The number of nitrogens with zero attached hydrogens (tertiary/aromatic N) is 1. The summed E-state index contributed by atoms with van der Waals surface area (Å²) in [5.74, 6) is 0. The highest BCUT2D eigenvalue weighted by Crippen LogP contribution is 2.24. The Morgan fingerprint density at radius 1 is 1.46 bits per heavy atom. The van der Waals surface area contributed by atoms with E-state index in [-0.39, 0.29) is 0 Å². The molecule has 0 saturated heterocycles. The number of aromatic nitrogens is 1. The second-order valence-electron chi connectivity index (χ2n) is 3.07. The zero-order valence-electron chi connectivity index (χ0n) is 7.26. The molecule has 0 fully saturated rings. The Bertz CT molecular complexity index is 503. The van der Waals surface area contributed by atoms with Crippen LogP contribution in [0.5, 0.6) is 0 Å². The van der Waals surface area contributed by atoms with Crippen LogP contribution in [0.1, 0.15) is 11.1 Å². The fourth-order valence-electron chi connectivity index (χ4n) is 1.60. The molecule has 0 bridgehead atoms. The van der Waals surface area contributed by atoms with E-state index in [1.165, 1.54) is 0 Å². The number of nitrogens with one attached hydrogen (secondary N) is 1. The second-order valence-corrected chi connectivity index (χ2v) is 3.07. The van der Waals surface area contributed by atoms with E-state index in [0.29, 0.717) is 5.56 Å². The molecule has 0 aliphatic heterocycles. The van der Waals surface area contributed by atoms with E-state index in [1.807, 2.05) is 19.1 Å². The van der Waals surface area contributed by atoms with Gasteiger partial charge in [-0.1, -0.05) is 0 Å². The first-order chi connectivity index (χ1) is 6.22. The summed E-state index contributed by atoms with van der Waals surface area (Å²) in [4.78, 5) is 3.02. The first kappa shape index (κ1) is 7.69. The summed E-state index contributed by atoms with van der Waals surface area (Å²) in [6.07, 6.45) is 1.71. The number of H-pyrrole nitrogens is 1. The molecular formula is C10H9N3. The quantitative estimate of drug-likeness (QED) is 0.595. The van der Waals surface area contributed by atoms with Crippen LogP contribution in [0, 0.1) is 18.3 Å². The molecule has 0 saturated carbocycles. The van der Waals surface area contributed by atoms with Crippen LogP contribution in [0.2, 0.25) is 0 Å². The number of hydrogen-bond donors (Lipinski definition) is 2. The number of nitrogen functional groups attached to an aromatic ring is 1. The number of aryl methyl sites for hydroxylation is 1. The zero-order chi connectivity index (χ0) is 9.42. The summed E-state index contributed by atoms with van der Waals surface area (Å²) in [7, 11) is 0. The first-order valence-corrected chi connectivity index (χ1v) is 3.99. The van der Waals surface area contributed by atoms with Crippen molar-refractivity contribution in [2.75, 3.05) is 5.73 Å². The predicted octanol–water partition coefficient (Wildman–Crippen LogP) is 1.93. The van der Waals surface area contributed by atoms with Crippen LogP contribution in [0.3, 0.4) is 0 Å². The minimum atomic E-state index is 0.674. The van der Waals surface area contributed by atoms with Crippen LogP contribution in [0.25, 0.3) is 10.9 Å². The Morgan fingerprint density at radius 2 is 2.23 bits per heavy atom. The van der Waals surface area contributed by atoms with E-state index in [1.54, 1.807) is 6.20 Å². The van der Waals surface area contributed by atoms with Gasteiger partial charge in [-0.15, -0.1) is 0 Å². The molecule has 1 aromatic carbocycles. The molecule has 64 valence electrons. The topological polar surface area (TPSA) is 65.6 Å². The highest BCUT2D eigenvalue weighted by atomic mass is 14.7. The Labute approximate surface area is 75.8 Å². The standard InChI is InChI=1S/C10H9N3/c1-6-2-8(12)3-9-10(6)7(4-11)5-13-9/h2-3,5,13H,12H2,1H3. The van der Waals surface area contributed by atoms with Crippen LogP contribution < -0.4 is 5.73 Å². The molecule has 3 N–H and O–H groups in total. The van der Waals surface area contributed by atoms with Crippen molar-refractivity contribution >= 4 is 16.6 Å². The highest BCUT2D eigenvalue weighted by Gasteiger charge is 2.05. The highest BCUT2D eigenvalue weighted by molar-refractivity contribution is 5.90. The molecule has 13 heavy (non-hydrogen) atoms. The van der Waals surface area contributed by atoms with Gasteiger partial charge in [0, 0.05) is 22.8 Å². The molecule has 3 heteroatoms. The molecule has 1 aromatic heterocycles. The molecule has 0 atom stereocenters. The lowest BCUT2D eigenvalue weighted by Gasteiger charge is -1.98. The molecule has 3 nitrogen and oxygen atoms in total. The van der Waals surface area contributed by atoms with Gasteiger partial charge in [-0.05, 0) is 24.6 Å². The average molecular weight is 171 g/mol. The van der Waals surface area contributed by atoms with E-state index in [2.05, 4.69) is 11.1 Å². The number of nitriles is 1. The molecule has 0 aliphatic carbocycles.